The summed E-state index contributed by atoms with van der Waals surface area (Å²) < 4.78 is 11.6. The van der Waals surface area contributed by atoms with E-state index in [9.17, 15) is 9.59 Å². The van der Waals surface area contributed by atoms with Crippen LogP contribution in [0.5, 0.6) is 5.75 Å². The largest absolute Gasteiger partial charge is 0.497 e. The van der Waals surface area contributed by atoms with Crippen molar-refractivity contribution in [1.29, 1.82) is 0 Å². The molecule has 1 saturated heterocycles. The van der Waals surface area contributed by atoms with Crippen LogP contribution in [-0.2, 0) is 14.3 Å². The van der Waals surface area contributed by atoms with Gasteiger partial charge in [-0.05, 0) is 80.5 Å². The van der Waals surface area contributed by atoms with Crippen LogP contribution in [0.2, 0.25) is 0 Å². The number of hydrogen-bond donors (Lipinski definition) is 1. The molecule has 4 bridgehead atoms. The third-order valence-corrected chi connectivity index (χ3v) is 7.47. The van der Waals surface area contributed by atoms with E-state index in [1.165, 1.54) is 43.4 Å². The van der Waals surface area contributed by atoms with Gasteiger partial charge in [0.15, 0.2) is 6.04 Å². The van der Waals surface area contributed by atoms with Crippen molar-refractivity contribution in [3.05, 3.63) is 24.3 Å². The van der Waals surface area contributed by atoms with Crippen molar-refractivity contribution in [2.75, 3.05) is 25.2 Å². The van der Waals surface area contributed by atoms with E-state index in [2.05, 4.69) is 0 Å². The Balaban J connectivity index is 1.14. The molecule has 0 spiro atoms. The number of ether oxygens (including phenoxy) is 2. The van der Waals surface area contributed by atoms with Gasteiger partial charge in [-0.2, -0.15) is 0 Å². The normalized spacial score (nSPS) is 35.6. The number of amides is 2. The van der Waals surface area contributed by atoms with Gasteiger partial charge in [0.1, 0.15) is 5.75 Å². The molecule has 5 aliphatic rings. The van der Waals surface area contributed by atoms with Crippen molar-refractivity contribution in [2.24, 2.45) is 17.8 Å². The highest BCUT2D eigenvalue weighted by Gasteiger charge is 2.51. The fourth-order valence-corrected chi connectivity index (χ4v) is 6.59. The second-order valence-electron chi connectivity index (χ2n) is 9.55. The van der Waals surface area contributed by atoms with E-state index < -0.39 is 0 Å². The quantitative estimate of drug-likeness (QED) is 0.561. The Hall–Kier alpha value is -1.92. The molecule has 1 aromatic carbocycles. The minimum atomic E-state index is -0.343. The summed E-state index contributed by atoms with van der Waals surface area (Å²) in [6.07, 6.45) is 8.17. The predicted octanol–water partition coefficient (Wildman–Crippen LogP) is 1.88. The third-order valence-electron chi connectivity index (χ3n) is 7.47. The first-order valence-corrected chi connectivity index (χ1v) is 11.0. The Morgan fingerprint density at radius 3 is 2.24 bits per heavy atom. The molecule has 0 unspecified atom stereocenters. The van der Waals surface area contributed by atoms with Crippen molar-refractivity contribution >= 4 is 17.5 Å². The van der Waals surface area contributed by atoms with Gasteiger partial charge in [-0.25, -0.2) is 4.90 Å². The van der Waals surface area contributed by atoms with Crippen molar-refractivity contribution in [2.45, 2.75) is 56.6 Å². The zero-order valence-corrected chi connectivity index (χ0v) is 17.1. The highest BCUT2D eigenvalue weighted by molar-refractivity contribution is 6.21. The van der Waals surface area contributed by atoms with E-state index >= 15 is 0 Å². The van der Waals surface area contributed by atoms with Gasteiger partial charge in [-0.1, -0.05) is 0 Å². The molecule has 6 heteroatoms. The molecule has 0 aromatic heterocycles. The van der Waals surface area contributed by atoms with Gasteiger partial charge < -0.3 is 14.8 Å². The minimum Gasteiger partial charge on any atom is -0.497 e. The van der Waals surface area contributed by atoms with Crippen LogP contribution < -0.4 is 15.0 Å². The smallest absolute Gasteiger partial charge is 0.292 e. The maximum atomic E-state index is 12.8. The number of carbonyl (C=O) groups excluding carboxylic acids is 2. The highest BCUT2D eigenvalue weighted by Crippen LogP contribution is 2.57. The Kier molecular flexibility index (Phi) is 4.87. The van der Waals surface area contributed by atoms with E-state index in [0.29, 0.717) is 18.0 Å². The molecular weight excluding hydrogens is 368 g/mol. The number of imide groups is 1. The molecule has 6 rings (SSSR count). The van der Waals surface area contributed by atoms with Crippen LogP contribution in [-0.4, -0.2) is 43.7 Å². The number of anilines is 1. The molecule has 1 aliphatic heterocycles. The van der Waals surface area contributed by atoms with Gasteiger partial charge in [0.2, 0.25) is 5.91 Å². The summed E-state index contributed by atoms with van der Waals surface area (Å²) in [4.78, 5) is 26.5. The molecule has 0 radical (unpaired) electrons. The summed E-state index contributed by atoms with van der Waals surface area (Å²) in [7, 11) is 1.59. The Morgan fingerprint density at radius 1 is 1.03 bits per heavy atom. The fraction of sp³-hybridized carbons (Fsp3) is 0.652. The average Bonchev–Trinajstić information content (AvgIpc) is 2.98. The number of rotatable bonds is 7. The molecule has 156 valence electrons. The van der Waals surface area contributed by atoms with Crippen molar-refractivity contribution in [3.8, 4) is 5.75 Å². The lowest BCUT2D eigenvalue weighted by Gasteiger charge is -2.56. The van der Waals surface area contributed by atoms with Gasteiger partial charge in [-0.3, -0.25) is 9.59 Å². The summed E-state index contributed by atoms with van der Waals surface area (Å²) in [5, 5.41) is 1.99. The Bertz CT molecular complexity index is 755. The van der Waals surface area contributed by atoms with Gasteiger partial charge in [0.05, 0.1) is 38.0 Å². The topological polar surface area (TPSA) is 72.4 Å². The van der Waals surface area contributed by atoms with E-state index in [-0.39, 0.29) is 29.9 Å². The first-order valence-electron chi connectivity index (χ1n) is 11.0. The highest BCUT2D eigenvalue weighted by atomic mass is 16.5. The van der Waals surface area contributed by atoms with E-state index in [4.69, 9.17) is 9.47 Å². The van der Waals surface area contributed by atoms with Crippen LogP contribution in [0.25, 0.3) is 0 Å². The maximum absolute atomic E-state index is 12.8. The number of carbonyl (C=O) groups is 2. The number of quaternary nitrogens is 1. The maximum Gasteiger partial charge on any atom is 0.292 e. The predicted molar refractivity (Wildman–Crippen MR) is 108 cm³/mol. The Morgan fingerprint density at radius 2 is 1.66 bits per heavy atom. The number of benzene rings is 1. The van der Waals surface area contributed by atoms with E-state index in [1.807, 2.05) is 5.32 Å². The van der Waals surface area contributed by atoms with Gasteiger partial charge in [-0.15, -0.1) is 0 Å². The molecule has 1 atom stereocenters. The van der Waals surface area contributed by atoms with Crippen LogP contribution in [0.1, 0.15) is 44.9 Å². The molecule has 2 N–H and O–H groups in total. The third kappa shape index (κ3) is 3.57. The molecule has 4 saturated carbocycles. The molecule has 4 aliphatic carbocycles. The van der Waals surface area contributed by atoms with Crippen LogP contribution in [0.4, 0.5) is 5.69 Å². The Labute approximate surface area is 171 Å². The summed E-state index contributed by atoms with van der Waals surface area (Å²) in [6.45, 7) is 1.38. The second-order valence-corrected chi connectivity index (χ2v) is 9.55. The van der Waals surface area contributed by atoms with Gasteiger partial charge >= 0.3 is 0 Å². The van der Waals surface area contributed by atoms with Crippen molar-refractivity contribution < 1.29 is 24.4 Å². The zero-order chi connectivity index (χ0) is 20.0. The van der Waals surface area contributed by atoms with Crippen molar-refractivity contribution in [1.82, 2.24) is 0 Å². The van der Waals surface area contributed by atoms with Gasteiger partial charge in [0.25, 0.3) is 5.91 Å². The number of methoxy groups -OCH3 is 1. The molecule has 1 heterocycles. The fourth-order valence-electron chi connectivity index (χ4n) is 6.59. The van der Waals surface area contributed by atoms with Crippen LogP contribution in [0.15, 0.2) is 24.3 Å². The molecule has 6 nitrogen and oxygen atoms in total. The van der Waals surface area contributed by atoms with Gasteiger partial charge in [0, 0.05) is 0 Å². The van der Waals surface area contributed by atoms with Crippen molar-refractivity contribution in [3.63, 3.8) is 0 Å². The van der Waals surface area contributed by atoms with E-state index in [0.717, 1.165) is 24.3 Å². The van der Waals surface area contributed by atoms with Crippen LogP contribution in [0.3, 0.4) is 0 Å². The minimum absolute atomic E-state index is 0.104. The molecule has 1 aromatic rings. The van der Waals surface area contributed by atoms with Crippen LogP contribution in [0, 0.1) is 17.8 Å². The zero-order valence-electron chi connectivity index (χ0n) is 17.1. The van der Waals surface area contributed by atoms with Crippen LogP contribution >= 0.6 is 0 Å². The monoisotopic (exact) mass is 399 g/mol. The SMILES string of the molecule is COc1ccc(N2C(=O)C[C@@H]([NH2+]CCOC34CC5CC(CC(C5)C3)C4)C2=O)cc1. The lowest BCUT2D eigenvalue weighted by atomic mass is 9.54. The molecular formula is C23H31N2O4+. The lowest BCUT2D eigenvalue weighted by molar-refractivity contribution is -0.676. The molecule has 5 fully saturated rings. The summed E-state index contributed by atoms with van der Waals surface area (Å²) in [5.74, 6) is 3.06. The number of hydrogen-bond acceptors (Lipinski definition) is 4. The number of nitrogens with two attached hydrogens (primary N) is 1. The summed E-state index contributed by atoms with van der Waals surface area (Å²) >= 11 is 0. The van der Waals surface area contributed by atoms with E-state index in [1.54, 1.807) is 31.4 Å². The average molecular weight is 400 g/mol. The molecule has 29 heavy (non-hydrogen) atoms. The number of nitrogens with zero attached hydrogens (tertiary/aromatic N) is 1. The second kappa shape index (κ2) is 7.40. The standard InChI is InChI=1S/C23H30N2O4/c1-28-19-4-2-18(3-5-19)25-21(26)11-20(22(25)27)24-6-7-29-23-12-15-8-16(13-23)10-17(9-15)14-23/h2-5,15-17,20,24H,6-14H2,1H3/p+1/t15?,16?,17?,20-,23?/m1/s1. The molecule has 2 amide bonds. The summed E-state index contributed by atoms with van der Waals surface area (Å²) in [6, 6.07) is 6.71. The lowest BCUT2D eigenvalue weighted by Crippen LogP contribution is -2.92. The first-order chi connectivity index (χ1) is 14.0. The first kappa shape index (κ1) is 19.1. The summed E-state index contributed by atoms with van der Waals surface area (Å²) in [5.41, 5.74) is 0.717.